The molecule has 2 heteroatoms. The Hall–Kier alpha value is -4.24. The van der Waals surface area contributed by atoms with Gasteiger partial charge in [-0.25, -0.2) is 0 Å². The van der Waals surface area contributed by atoms with E-state index >= 15 is 0 Å². The molecule has 2 aromatic heterocycles. The van der Waals surface area contributed by atoms with Gasteiger partial charge in [-0.1, -0.05) is 47.4 Å². The van der Waals surface area contributed by atoms with Gasteiger partial charge in [-0.05, 0) is 87.1 Å². The third-order valence-electron chi connectivity index (χ3n) is 8.19. The molecule has 36 heavy (non-hydrogen) atoms. The molecule has 0 N–H and O–H groups in total. The quantitative estimate of drug-likeness (QED) is 0.407. The van der Waals surface area contributed by atoms with E-state index in [1.54, 1.807) is 24.8 Å². The maximum Gasteiger partial charge on any atom is 0.0361 e. The minimum Gasteiger partial charge on any atom is -0.265 e. The molecule has 0 aliphatic heterocycles. The molecule has 2 heterocycles. The molecule has 6 fully saturated rings. The summed E-state index contributed by atoms with van der Waals surface area (Å²) in [5.41, 5.74) is 4.99. The Morgan fingerprint density at radius 2 is 0.639 bits per heavy atom. The second kappa shape index (κ2) is 7.63. The van der Waals surface area contributed by atoms with Crippen LogP contribution in [-0.4, -0.2) is 9.97 Å². The molecule has 6 aliphatic carbocycles. The lowest BCUT2D eigenvalue weighted by Gasteiger charge is -2.65. The summed E-state index contributed by atoms with van der Waals surface area (Å²) in [6.07, 6.45) is 13.8. The van der Waals surface area contributed by atoms with Crippen LogP contribution in [0.5, 0.6) is 0 Å². The van der Waals surface area contributed by atoms with Gasteiger partial charge in [0.25, 0.3) is 0 Å². The summed E-state index contributed by atoms with van der Waals surface area (Å²) in [6.45, 7) is 0. The Kier molecular flexibility index (Phi) is 4.47. The van der Waals surface area contributed by atoms with Crippen LogP contribution in [0.25, 0.3) is 0 Å². The van der Waals surface area contributed by atoms with E-state index in [9.17, 15) is 0 Å². The standard InChI is InChI=1S/C34H24N2/c1-2-28(6-14-32-24-34(25-32,26-32)16-8-30-11-19-36-20-12-30)4-3-27(1)5-13-31-21-33(22-31,23-31)15-7-29-9-17-35-18-10-29/h1-4,9-12,17-20H,21-26H2. The van der Waals surface area contributed by atoms with E-state index in [1.165, 1.54) is 0 Å². The second-order valence-electron chi connectivity index (χ2n) is 11.2. The van der Waals surface area contributed by atoms with Gasteiger partial charge in [-0.3, -0.25) is 9.97 Å². The molecule has 2 nitrogen and oxygen atoms in total. The molecule has 6 saturated carbocycles. The fraction of sp³-hybridized carbons (Fsp3) is 0.294. The molecule has 0 radical (unpaired) electrons. The van der Waals surface area contributed by atoms with E-state index in [-0.39, 0.29) is 21.7 Å². The lowest BCUT2D eigenvalue weighted by Crippen LogP contribution is -2.60. The van der Waals surface area contributed by atoms with Crippen molar-refractivity contribution in [3.63, 3.8) is 0 Å². The number of nitrogens with zero attached hydrogens (tertiary/aromatic N) is 2. The Bertz CT molecular complexity index is 1440. The Balaban J connectivity index is 0.932. The van der Waals surface area contributed by atoms with Crippen LogP contribution >= 0.6 is 0 Å². The highest BCUT2D eigenvalue weighted by Gasteiger charge is 2.67. The van der Waals surface area contributed by atoms with Crippen molar-refractivity contribution in [1.82, 2.24) is 9.97 Å². The van der Waals surface area contributed by atoms with Crippen LogP contribution < -0.4 is 0 Å². The normalized spacial score (nSPS) is 31.3. The van der Waals surface area contributed by atoms with Crippen LogP contribution in [0.3, 0.4) is 0 Å². The van der Waals surface area contributed by atoms with Crippen molar-refractivity contribution in [2.45, 2.75) is 38.5 Å². The van der Waals surface area contributed by atoms with Gasteiger partial charge in [0.2, 0.25) is 0 Å². The van der Waals surface area contributed by atoms with E-state index in [0.29, 0.717) is 0 Å². The maximum atomic E-state index is 4.05. The van der Waals surface area contributed by atoms with Crippen molar-refractivity contribution in [3.05, 3.63) is 95.6 Å². The van der Waals surface area contributed by atoms with Gasteiger partial charge in [0.05, 0.1) is 0 Å². The Morgan fingerprint density at radius 3 is 0.917 bits per heavy atom. The highest BCUT2D eigenvalue weighted by molar-refractivity contribution is 5.49. The van der Waals surface area contributed by atoms with Gasteiger partial charge < -0.3 is 0 Å². The summed E-state index contributed by atoms with van der Waals surface area (Å²) in [6, 6.07) is 16.3. The molecular weight excluding hydrogens is 436 g/mol. The van der Waals surface area contributed by atoms with Crippen LogP contribution in [0.2, 0.25) is 0 Å². The van der Waals surface area contributed by atoms with Crippen molar-refractivity contribution < 1.29 is 0 Å². The van der Waals surface area contributed by atoms with Gasteiger partial charge in [0.15, 0.2) is 0 Å². The summed E-state index contributed by atoms with van der Waals surface area (Å²) >= 11 is 0. The predicted molar refractivity (Wildman–Crippen MR) is 140 cm³/mol. The minimum absolute atomic E-state index is 0.186. The first-order valence-corrected chi connectivity index (χ1v) is 12.6. The molecule has 170 valence electrons. The van der Waals surface area contributed by atoms with Gasteiger partial charge in [-0.2, -0.15) is 0 Å². The zero-order chi connectivity index (χ0) is 24.1. The Morgan fingerprint density at radius 1 is 0.389 bits per heavy atom. The van der Waals surface area contributed by atoms with Gasteiger partial charge >= 0.3 is 0 Å². The summed E-state index contributed by atoms with van der Waals surface area (Å²) in [7, 11) is 0. The van der Waals surface area contributed by atoms with Crippen molar-refractivity contribution in [2.75, 3.05) is 0 Å². The minimum atomic E-state index is 0.186. The molecule has 1 aromatic carbocycles. The van der Waals surface area contributed by atoms with E-state index < -0.39 is 0 Å². The number of pyridine rings is 2. The first-order valence-electron chi connectivity index (χ1n) is 12.6. The average molecular weight is 461 g/mol. The van der Waals surface area contributed by atoms with Crippen LogP contribution in [0, 0.1) is 69.0 Å². The van der Waals surface area contributed by atoms with E-state index in [1.807, 2.05) is 24.3 Å². The smallest absolute Gasteiger partial charge is 0.0361 e. The highest BCUT2D eigenvalue weighted by Crippen LogP contribution is 2.73. The SMILES string of the molecule is C(#CC12CC(C#Cc3ccc(C#CC45CC(C#Cc6ccncc6)(C4)C5)cc3)(C1)C2)c1ccncc1. The summed E-state index contributed by atoms with van der Waals surface area (Å²) in [4.78, 5) is 8.10. The van der Waals surface area contributed by atoms with Crippen molar-refractivity contribution >= 4 is 0 Å². The van der Waals surface area contributed by atoms with E-state index in [2.05, 4.69) is 81.6 Å². The second-order valence-corrected chi connectivity index (χ2v) is 11.2. The molecule has 0 amide bonds. The third kappa shape index (κ3) is 3.68. The molecule has 0 atom stereocenters. The highest BCUT2D eigenvalue weighted by atomic mass is 14.7. The third-order valence-corrected chi connectivity index (χ3v) is 8.19. The number of aromatic nitrogens is 2. The summed E-state index contributed by atoms with van der Waals surface area (Å²) in [5.74, 6) is 27.5. The molecule has 0 saturated heterocycles. The molecule has 0 unspecified atom stereocenters. The van der Waals surface area contributed by atoms with Crippen LogP contribution in [-0.2, 0) is 0 Å². The van der Waals surface area contributed by atoms with Crippen LogP contribution in [0.4, 0.5) is 0 Å². The van der Waals surface area contributed by atoms with E-state index in [4.69, 9.17) is 0 Å². The molecular formula is C34H24N2. The lowest BCUT2D eigenvalue weighted by molar-refractivity contribution is -0.113. The fourth-order valence-electron chi connectivity index (χ4n) is 6.43. The number of benzene rings is 1. The van der Waals surface area contributed by atoms with Crippen molar-refractivity contribution in [3.8, 4) is 47.4 Å². The number of rotatable bonds is 0. The predicted octanol–water partition coefficient (Wildman–Crippen LogP) is 5.62. The van der Waals surface area contributed by atoms with Crippen LogP contribution in [0.1, 0.15) is 60.8 Å². The molecule has 6 aliphatic rings. The maximum absolute atomic E-state index is 4.05. The van der Waals surface area contributed by atoms with Crippen molar-refractivity contribution in [1.29, 1.82) is 0 Å². The topological polar surface area (TPSA) is 25.8 Å². The first kappa shape index (κ1) is 21.1. The van der Waals surface area contributed by atoms with Gasteiger partial charge in [0.1, 0.15) is 0 Å². The number of hydrogen-bond acceptors (Lipinski definition) is 2. The molecule has 0 spiro atoms. The monoisotopic (exact) mass is 460 g/mol. The summed E-state index contributed by atoms with van der Waals surface area (Å²) in [5, 5.41) is 0. The molecule has 4 bridgehead atoms. The van der Waals surface area contributed by atoms with Crippen LogP contribution in [0.15, 0.2) is 73.3 Å². The lowest BCUT2D eigenvalue weighted by atomic mass is 9.36. The Labute approximate surface area is 213 Å². The zero-order valence-electron chi connectivity index (χ0n) is 20.1. The summed E-state index contributed by atoms with van der Waals surface area (Å²) < 4.78 is 0. The largest absolute Gasteiger partial charge is 0.265 e. The average Bonchev–Trinajstić information content (AvgIpc) is 2.82. The molecule has 3 aromatic rings. The molecule has 9 rings (SSSR count). The van der Waals surface area contributed by atoms with Gasteiger partial charge in [0, 0.05) is 68.7 Å². The zero-order valence-corrected chi connectivity index (χ0v) is 20.1. The number of hydrogen-bond donors (Lipinski definition) is 0. The van der Waals surface area contributed by atoms with Crippen molar-refractivity contribution in [2.24, 2.45) is 21.7 Å². The fourth-order valence-corrected chi connectivity index (χ4v) is 6.43. The first-order chi connectivity index (χ1) is 17.6. The van der Waals surface area contributed by atoms with E-state index in [0.717, 1.165) is 60.8 Å². The van der Waals surface area contributed by atoms with Gasteiger partial charge in [-0.15, -0.1) is 0 Å².